The summed E-state index contributed by atoms with van der Waals surface area (Å²) in [6.45, 7) is 3.45. The van der Waals surface area contributed by atoms with Crippen LogP contribution in [-0.4, -0.2) is 13.2 Å². The van der Waals surface area contributed by atoms with Gasteiger partial charge in [-0.1, -0.05) is 41.9 Å². The normalized spacial score (nSPS) is 10.4. The van der Waals surface area contributed by atoms with Crippen LogP contribution in [0.25, 0.3) is 0 Å². The molecule has 0 aliphatic rings. The number of benzene rings is 2. The molecule has 0 heterocycles. The number of ether oxygens (including phenoxy) is 2. The molecule has 2 aromatic rings. The molecule has 21 heavy (non-hydrogen) atoms. The highest BCUT2D eigenvalue weighted by Crippen LogP contribution is 2.36. The first kappa shape index (κ1) is 15.7. The maximum absolute atomic E-state index is 6.27. The predicted octanol–water partition coefficient (Wildman–Crippen LogP) is 3.82. The third-order valence-corrected chi connectivity index (χ3v) is 3.37. The van der Waals surface area contributed by atoms with Crippen molar-refractivity contribution in [3.8, 4) is 11.5 Å². The molecule has 0 atom stereocenters. The van der Waals surface area contributed by atoms with Crippen molar-refractivity contribution in [3.05, 3.63) is 58.6 Å². The Bertz CT molecular complexity index is 573. The number of halogens is 1. The number of hydrogen-bond acceptors (Lipinski definition) is 3. The van der Waals surface area contributed by atoms with Crippen LogP contribution in [0.5, 0.6) is 11.5 Å². The van der Waals surface area contributed by atoms with E-state index in [-0.39, 0.29) is 0 Å². The van der Waals surface area contributed by atoms with Crippen molar-refractivity contribution in [2.24, 2.45) is 5.73 Å². The van der Waals surface area contributed by atoms with Gasteiger partial charge in [-0.25, -0.2) is 0 Å². The summed E-state index contributed by atoms with van der Waals surface area (Å²) < 4.78 is 11.4. The molecule has 3 nitrogen and oxygen atoms in total. The Balaban J connectivity index is 2.07. The van der Waals surface area contributed by atoms with E-state index in [4.69, 9.17) is 26.8 Å². The summed E-state index contributed by atoms with van der Waals surface area (Å²) in [7, 11) is 0. The maximum atomic E-state index is 6.27. The second-order valence-electron chi connectivity index (χ2n) is 4.63. The van der Waals surface area contributed by atoms with Crippen LogP contribution >= 0.6 is 11.6 Å². The molecule has 0 bridgehead atoms. The third kappa shape index (κ3) is 4.38. The van der Waals surface area contributed by atoms with Crippen LogP contribution in [-0.2, 0) is 13.0 Å². The van der Waals surface area contributed by atoms with Gasteiger partial charge in [0.25, 0.3) is 0 Å². The Kier molecular flexibility index (Phi) is 5.90. The van der Waals surface area contributed by atoms with Crippen molar-refractivity contribution in [3.63, 3.8) is 0 Å². The van der Waals surface area contributed by atoms with Gasteiger partial charge in [-0.2, -0.15) is 0 Å². The molecule has 0 fully saturated rings. The van der Waals surface area contributed by atoms with Crippen LogP contribution in [0.15, 0.2) is 42.5 Å². The fourth-order valence-corrected chi connectivity index (χ4v) is 2.35. The fraction of sp³-hybridized carbons (Fsp3) is 0.294. The molecule has 0 saturated carbocycles. The van der Waals surface area contributed by atoms with Crippen LogP contribution in [0, 0.1) is 0 Å². The van der Waals surface area contributed by atoms with Crippen LogP contribution in [0.2, 0.25) is 5.02 Å². The number of hydrogen-bond donors (Lipinski definition) is 1. The monoisotopic (exact) mass is 305 g/mol. The third-order valence-electron chi connectivity index (χ3n) is 3.08. The zero-order valence-corrected chi connectivity index (χ0v) is 12.9. The van der Waals surface area contributed by atoms with Gasteiger partial charge in [0.2, 0.25) is 0 Å². The summed E-state index contributed by atoms with van der Waals surface area (Å²) in [6, 6.07) is 13.9. The lowest BCUT2D eigenvalue weighted by Crippen LogP contribution is -2.05. The molecule has 0 unspecified atom stereocenters. The van der Waals surface area contributed by atoms with Crippen LogP contribution in [0.3, 0.4) is 0 Å². The molecule has 0 aliphatic heterocycles. The largest absolute Gasteiger partial charge is 0.490 e. The van der Waals surface area contributed by atoms with E-state index in [1.807, 2.05) is 37.3 Å². The first-order valence-corrected chi connectivity index (χ1v) is 7.44. The first-order chi connectivity index (χ1) is 10.2. The smallest absolute Gasteiger partial charge is 0.179 e. The lowest BCUT2D eigenvalue weighted by atomic mass is 10.1. The highest BCUT2D eigenvalue weighted by molar-refractivity contribution is 6.32. The molecular weight excluding hydrogens is 286 g/mol. The first-order valence-electron chi connectivity index (χ1n) is 7.06. The van der Waals surface area contributed by atoms with E-state index in [1.54, 1.807) is 0 Å². The van der Waals surface area contributed by atoms with Crippen molar-refractivity contribution in [2.75, 3.05) is 13.2 Å². The standard InChI is InChI=1S/C17H20ClNO2/c1-2-20-16-11-14(12-19)10-15(18)17(16)21-9-8-13-6-4-3-5-7-13/h3-7,10-11H,2,8-9,12,19H2,1H3. The minimum absolute atomic E-state index is 0.421. The minimum Gasteiger partial charge on any atom is -0.490 e. The lowest BCUT2D eigenvalue weighted by Gasteiger charge is -2.15. The molecule has 2 rings (SSSR count). The van der Waals surface area contributed by atoms with Gasteiger partial charge in [0.1, 0.15) is 0 Å². The van der Waals surface area contributed by atoms with Gasteiger partial charge in [-0.15, -0.1) is 0 Å². The van der Waals surface area contributed by atoms with Crippen molar-refractivity contribution < 1.29 is 9.47 Å². The van der Waals surface area contributed by atoms with E-state index in [9.17, 15) is 0 Å². The fourth-order valence-electron chi connectivity index (χ4n) is 2.06. The van der Waals surface area contributed by atoms with Gasteiger partial charge in [-0.05, 0) is 30.2 Å². The Hall–Kier alpha value is -1.71. The SMILES string of the molecule is CCOc1cc(CN)cc(Cl)c1OCCc1ccccc1. The van der Waals surface area contributed by atoms with Crippen molar-refractivity contribution in [2.45, 2.75) is 19.9 Å². The van der Waals surface area contributed by atoms with Gasteiger partial charge in [0, 0.05) is 13.0 Å². The average molecular weight is 306 g/mol. The Morgan fingerprint density at radius 3 is 2.48 bits per heavy atom. The zero-order chi connectivity index (χ0) is 15.1. The van der Waals surface area contributed by atoms with E-state index in [1.165, 1.54) is 5.56 Å². The Morgan fingerprint density at radius 1 is 1.05 bits per heavy atom. The van der Waals surface area contributed by atoms with Gasteiger partial charge < -0.3 is 15.2 Å². The van der Waals surface area contributed by atoms with E-state index in [0.29, 0.717) is 36.3 Å². The topological polar surface area (TPSA) is 44.5 Å². The molecule has 4 heteroatoms. The Labute approximate surface area is 130 Å². The number of nitrogens with two attached hydrogens (primary N) is 1. The average Bonchev–Trinajstić information content (AvgIpc) is 2.51. The van der Waals surface area contributed by atoms with Crippen molar-refractivity contribution in [1.29, 1.82) is 0 Å². The second kappa shape index (κ2) is 7.91. The Morgan fingerprint density at radius 2 is 1.81 bits per heavy atom. The second-order valence-corrected chi connectivity index (χ2v) is 5.03. The molecule has 0 radical (unpaired) electrons. The summed E-state index contributed by atoms with van der Waals surface area (Å²) in [4.78, 5) is 0. The molecular formula is C17H20ClNO2. The molecule has 0 spiro atoms. The summed E-state index contributed by atoms with van der Waals surface area (Å²) in [5.41, 5.74) is 7.81. The summed E-state index contributed by atoms with van der Waals surface area (Å²) in [5, 5.41) is 0.537. The van der Waals surface area contributed by atoms with E-state index < -0.39 is 0 Å². The molecule has 0 amide bonds. The molecule has 0 saturated heterocycles. The quantitative estimate of drug-likeness (QED) is 0.846. The summed E-state index contributed by atoms with van der Waals surface area (Å²) >= 11 is 6.27. The molecule has 0 aliphatic carbocycles. The highest BCUT2D eigenvalue weighted by Gasteiger charge is 2.12. The van der Waals surface area contributed by atoms with E-state index in [2.05, 4.69) is 12.1 Å². The predicted molar refractivity (Wildman–Crippen MR) is 86.2 cm³/mol. The molecule has 2 aromatic carbocycles. The minimum atomic E-state index is 0.421. The van der Waals surface area contributed by atoms with Crippen LogP contribution in [0.4, 0.5) is 0 Å². The van der Waals surface area contributed by atoms with Crippen LogP contribution < -0.4 is 15.2 Å². The van der Waals surface area contributed by atoms with Crippen LogP contribution in [0.1, 0.15) is 18.1 Å². The highest BCUT2D eigenvalue weighted by atomic mass is 35.5. The summed E-state index contributed by atoms with van der Waals surface area (Å²) in [5.74, 6) is 1.24. The van der Waals surface area contributed by atoms with Crippen molar-refractivity contribution >= 4 is 11.6 Å². The van der Waals surface area contributed by atoms with Gasteiger partial charge in [0.05, 0.1) is 18.2 Å². The summed E-state index contributed by atoms with van der Waals surface area (Å²) in [6.07, 6.45) is 0.821. The van der Waals surface area contributed by atoms with E-state index in [0.717, 1.165) is 12.0 Å². The maximum Gasteiger partial charge on any atom is 0.179 e. The zero-order valence-electron chi connectivity index (χ0n) is 12.1. The van der Waals surface area contributed by atoms with E-state index >= 15 is 0 Å². The molecule has 112 valence electrons. The van der Waals surface area contributed by atoms with Gasteiger partial charge >= 0.3 is 0 Å². The molecule has 0 aromatic heterocycles. The van der Waals surface area contributed by atoms with Gasteiger partial charge in [-0.3, -0.25) is 0 Å². The molecule has 2 N–H and O–H groups in total. The lowest BCUT2D eigenvalue weighted by molar-refractivity contribution is 0.279. The van der Waals surface area contributed by atoms with Gasteiger partial charge in [0.15, 0.2) is 11.5 Å². The van der Waals surface area contributed by atoms with Crippen molar-refractivity contribution in [1.82, 2.24) is 0 Å². The number of rotatable bonds is 7.